The Morgan fingerprint density at radius 2 is 2.00 bits per heavy atom. The van der Waals surface area contributed by atoms with E-state index in [0.717, 1.165) is 16.2 Å². The molecule has 3 rings (SSSR count). The number of aromatic hydroxyl groups is 1. The second-order valence-corrected chi connectivity index (χ2v) is 5.93. The summed E-state index contributed by atoms with van der Waals surface area (Å²) >= 11 is 7.55. The van der Waals surface area contributed by atoms with Crippen LogP contribution in [0.5, 0.6) is 5.75 Å². The van der Waals surface area contributed by atoms with Gasteiger partial charge in [-0.2, -0.15) is 0 Å². The molecule has 0 aliphatic carbocycles. The second kappa shape index (κ2) is 6.24. The topological polar surface area (TPSA) is 46.3 Å². The van der Waals surface area contributed by atoms with Gasteiger partial charge in [0.05, 0.1) is 5.69 Å². The van der Waals surface area contributed by atoms with E-state index >= 15 is 0 Å². The van der Waals surface area contributed by atoms with Crippen LogP contribution in [0, 0.1) is 0 Å². The van der Waals surface area contributed by atoms with E-state index in [0.29, 0.717) is 16.7 Å². The zero-order chi connectivity index (χ0) is 14.7. The van der Waals surface area contributed by atoms with Crippen molar-refractivity contribution in [1.82, 2.24) is 4.98 Å². The second-order valence-electron chi connectivity index (χ2n) is 4.44. The fraction of sp³-hybridized carbons (Fsp3) is 0.0625. The number of benzene rings is 2. The van der Waals surface area contributed by atoms with Crippen LogP contribution in [-0.4, -0.2) is 10.1 Å². The van der Waals surface area contributed by atoms with E-state index in [1.54, 1.807) is 30.2 Å². The van der Waals surface area contributed by atoms with Crippen molar-refractivity contribution in [2.24, 2.45) is 0 Å². The van der Waals surface area contributed by atoms with Gasteiger partial charge in [0.15, 0.2) is 0 Å². The molecular formula is C16H12ClNO2S. The van der Waals surface area contributed by atoms with Crippen LogP contribution < -0.4 is 0 Å². The van der Waals surface area contributed by atoms with E-state index in [1.807, 2.05) is 36.4 Å². The molecule has 2 aromatic carbocycles. The molecule has 0 fully saturated rings. The molecule has 1 heterocycles. The largest absolute Gasteiger partial charge is 0.508 e. The Hall–Kier alpha value is -1.91. The molecule has 21 heavy (non-hydrogen) atoms. The summed E-state index contributed by atoms with van der Waals surface area (Å²) in [6.07, 6.45) is 1.64. The van der Waals surface area contributed by atoms with E-state index < -0.39 is 0 Å². The molecule has 0 bridgehead atoms. The monoisotopic (exact) mass is 317 g/mol. The maximum absolute atomic E-state index is 9.43. The minimum absolute atomic E-state index is 0.264. The van der Waals surface area contributed by atoms with Crippen molar-refractivity contribution in [2.75, 3.05) is 0 Å². The van der Waals surface area contributed by atoms with Gasteiger partial charge in [-0.25, -0.2) is 4.98 Å². The molecule has 106 valence electrons. The van der Waals surface area contributed by atoms with E-state index in [4.69, 9.17) is 16.0 Å². The number of oxazole rings is 1. The number of phenols is 1. The number of phenolic OH excluding ortho intramolecular Hbond substituents is 1. The van der Waals surface area contributed by atoms with E-state index in [-0.39, 0.29) is 5.75 Å². The van der Waals surface area contributed by atoms with Gasteiger partial charge in [0.25, 0.3) is 0 Å². The Morgan fingerprint density at radius 3 is 2.81 bits per heavy atom. The smallest absolute Gasteiger partial charge is 0.226 e. The Morgan fingerprint density at radius 1 is 1.14 bits per heavy atom. The minimum atomic E-state index is 0.264. The van der Waals surface area contributed by atoms with Crippen molar-refractivity contribution >= 4 is 23.4 Å². The number of hydrogen-bond acceptors (Lipinski definition) is 4. The van der Waals surface area contributed by atoms with Crippen LogP contribution >= 0.6 is 23.4 Å². The van der Waals surface area contributed by atoms with Gasteiger partial charge in [0.2, 0.25) is 5.89 Å². The average molecular weight is 318 g/mol. The third-order valence-corrected chi connectivity index (χ3v) is 4.09. The molecular weight excluding hydrogens is 306 g/mol. The van der Waals surface area contributed by atoms with Crippen LogP contribution in [0.3, 0.4) is 0 Å². The lowest BCUT2D eigenvalue weighted by Gasteiger charge is -1.99. The molecule has 0 saturated carbocycles. The summed E-state index contributed by atoms with van der Waals surface area (Å²) < 4.78 is 5.49. The van der Waals surface area contributed by atoms with E-state index in [9.17, 15) is 5.11 Å². The van der Waals surface area contributed by atoms with Gasteiger partial charge in [-0.15, -0.1) is 11.8 Å². The van der Waals surface area contributed by atoms with Crippen LogP contribution in [0.2, 0.25) is 5.02 Å². The lowest BCUT2D eigenvalue weighted by Crippen LogP contribution is -1.82. The highest BCUT2D eigenvalue weighted by Crippen LogP contribution is 2.27. The standard InChI is InChI=1S/C16H12ClNO2S/c17-12-4-1-3-11(7-12)16-18-13(9-20-16)10-21-15-6-2-5-14(19)8-15/h1-9,19H,10H2. The molecule has 5 heteroatoms. The normalized spacial score (nSPS) is 10.7. The highest BCUT2D eigenvalue weighted by molar-refractivity contribution is 7.98. The van der Waals surface area contributed by atoms with E-state index in [2.05, 4.69) is 4.98 Å². The highest BCUT2D eigenvalue weighted by atomic mass is 35.5. The molecule has 0 aliphatic rings. The van der Waals surface area contributed by atoms with Gasteiger partial charge in [-0.05, 0) is 36.4 Å². The lowest BCUT2D eigenvalue weighted by molar-refractivity contribution is 0.474. The zero-order valence-corrected chi connectivity index (χ0v) is 12.6. The first-order valence-electron chi connectivity index (χ1n) is 6.33. The summed E-state index contributed by atoms with van der Waals surface area (Å²) in [6, 6.07) is 14.5. The molecule has 3 nitrogen and oxygen atoms in total. The summed E-state index contributed by atoms with van der Waals surface area (Å²) in [5, 5.41) is 10.1. The van der Waals surface area contributed by atoms with E-state index in [1.165, 1.54) is 0 Å². The third kappa shape index (κ3) is 3.60. The number of aromatic nitrogens is 1. The van der Waals surface area contributed by atoms with Gasteiger partial charge in [-0.3, -0.25) is 0 Å². The summed E-state index contributed by atoms with van der Waals surface area (Å²) in [4.78, 5) is 5.44. The molecule has 1 aromatic heterocycles. The van der Waals surface area contributed by atoms with Crippen molar-refractivity contribution < 1.29 is 9.52 Å². The van der Waals surface area contributed by atoms with Crippen LogP contribution in [0.1, 0.15) is 5.69 Å². The summed E-state index contributed by atoms with van der Waals surface area (Å²) in [7, 11) is 0. The maximum atomic E-state index is 9.43. The average Bonchev–Trinajstić information content (AvgIpc) is 2.94. The van der Waals surface area contributed by atoms with Gasteiger partial charge in [0, 0.05) is 21.2 Å². The number of hydrogen-bond donors (Lipinski definition) is 1. The first-order valence-corrected chi connectivity index (χ1v) is 7.69. The van der Waals surface area contributed by atoms with Gasteiger partial charge < -0.3 is 9.52 Å². The lowest BCUT2D eigenvalue weighted by atomic mass is 10.2. The van der Waals surface area contributed by atoms with Crippen molar-refractivity contribution in [1.29, 1.82) is 0 Å². The number of halogens is 1. The number of rotatable bonds is 4. The predicted octanol–water partition coefficient (Wildman–Crippen LogP) is 4.99. The van der Waals surface area contributed by atoms with Crippen LogP contribution in [0.25, 0.3) is 11.5 Å². The number of thioether (sulfide) groups is 1. The molecule has 0 aliphatic heterocycles. The molecule has 1 N–H and O–H groups in total. The van der Waals surface area contributed by atoms with Gasteiger partial charge in [-0.1, -0.05) is 23.7 Å². The maximum Gasteiger partial charge on any atom is 0.226 e. The molecule has 0 unspecified atom stereocenters. The Balaban J connectivity index is 1.71. The van der Waals surface area contributed by atoms with Crippen LogP contribution in [0.15, 0.2) is 64.1 Å². The molecule has 0 radical (unpaired) electrons. The third-order valence-electron chi connectivity index (χ3n) is 2.83. The van der Waals surface area contributed by atoms with Crippen LogP contribution in [-0.2, 0) is 5.75 Å². The Bertz CT molecular complexity index is 757. The summed E-state index contributed by atoms with van der Waals surface area (Å²) in [5.41, 5.74) is 1.70. The SMILES string of the molecule is Oc1cccc(SCc2coc(-c3cccc(Cl)c3)n2)c1. The first kappa shape index (κ1) is 14.0. The first-order chi connectivity index (χ1) is 10.2. The van der Waals surface area contributed by atoms with Crippen molar-refractivity contribution in [3.05, 3.63) is 65.5 Å². The van der Waals surface area contributed by atoms with Crippen molar-refractivity contribution in [2.45, 2.75) is 10.6 Å². The number of nitrogens with zero attached hydrogens (tertiary/aromatic N) is 1. The Labute approximate surface area is 131 Å². The fourth-order valence-corrected chi connectivity index (χ4v) is 2.87. The molecule has 3 aromatic rings. The van der Waals surface area contributed by atoms with Crippen molar-refractivity contribution in [3.63, 3.8) is 0 Å². The predicted molar refractivity (Wildman–Crippen MR) is 84.6 cm³/mol. The molecule has 0 amide bonds. The quantitative estimate of drug-likeness (QED) is 0.688. The Kier molecular flexibility index (Phi) is 4.18. The molecule has 0 spiro atoms. The summed E-state index contributed by atoms with van der Waals surface area (Å²) in [5.74, 6) is 1.50. The molecule has 0 atom stereocenters. The fourth-order valence-electron chi connectivity index (χ4n) is 1.86. The zero-order valence-electron chi connectivity index (χ0n) is 11.0. The summed E-state index contributed by atoms with van der Waals surface area (Å²) in [6.45, 7) is 0. The van der Waals surface area contributed by atoms with Crippen molar-refractivity contribution in [3.8, 4) is 17.2 Å². The minimum Gasteiger partial charge on any atom is -0.508 e. The highest BCUT2D eigenvalue weighted by Gasteiger charge is 2.07. The van der Waals surface area contributed by atoms with Gasteiger partial charge >= 0.3 is 0 Å². The van der Waals surface area contributed by atoms with Crippen LogP contribution in [0.4, 0.5) is 0 Å². The molecule has 0 saturated heterocycles. The van der Waals surface area contributed by atoms with Gasteiger partial charge in [0.1, 0.15) is 12.0 Å².